The van der Waals surface area contributed by atoms with Crippen LogP contribution in [-0.4, -0.2) is 34.4 Å². The monoisotopic (exact) mass is 272 g/mol. The molecule has 0 radical (unpaired) electrons. The SMILES string of the molecule is c1cncc(-c2[nH]ncc2CNCCC2CCCO2)c1. The molecule has 2 aromatic heterocycles. The summed E-state index contributed by atoms with van der Waals surface area (Å²) in [7, 11) is 0. The Morgan fingerprint density at radius 2 is 2.40 bits per heavy atom. The second-order valence-electron chi connectivity index (χ2n) is 5.11. The summed E-state index contributed by atoms with van der Waals surface area (Å²) >= 11 is 0. The van der Waals surface area contributed by atoms with E-state index in [4.69, 9.17) is 4.74 Å². The lowest BCUT2D eigenvalue weighted by atomic mass is 10.1. The Hall–Kier alpha value is -1.72. The summed E-state index contributed by atoms with van der Waals surface area (Å²) in [6.45, 7) is 2.72. The van der Waals surface area contributed by atoms with Crippen molar-refractivity contribution in [2.75, 3.05) is 13.2 Å². The highest BCUT2D eigenvalue weighted by Gasteiger charge is 2.14. The quantitative estimate of drug-likeness (QED) is 0.791. The summed E-state index contributed by atoms with van der Waals surface area (Å²) in [6.07, 6.45) is 9.44. The van der Waals surface area contributed by atoms with Gasteiger partial charge in [-0.15, -0.1) is 0 Å². The zero-order chi connectivity index (χ0) is 13.6. The van der Waals surface area contributed by atoms with Gasteiger partial charge in [-0.2, -0.15) is 5.10 Å². The van der Waals surface area contributed by atoms with Gasteiger partial charge in [0.25, 0.3) is 0 Å². The van der Waals surface area contributed by atoms with Crippen LogP contribution < -0.4 is 5.32 Å². The van der Waals surface area contributed by atoms with Crippen LogP contribution in [-0.2, 0) is 11.3 Å². The summed E-state index contributed by atoms with van der Waals surface area (Å²) in [6, 6.07) is 3.97. The molecule has 1 aliphatic rings. The van der Waals surface area contributed by atoms with E-state index in [9.17, 15) is 0 Å². The number of pyridine rings is 1. The Kier molecular flexibility index (Phi) is 4.40. The normalized spacial score (nSPS) is 18.5. The van der Waals surface area contributed by atoms with Gasteiger partial charge in [0.15, 0.2) is 0 Å². The lowest BCUT2D eigenvalue weighted by Gasteiger charge is -2.10. The van der Waals surface area contributed by atoms with Crippen molar-refractivity contribution in [3.63, 3.8) is 0 Å². The Morgan fingerprint density at radius 1 is 1.40 bits per heavy atom. The molecule has 3 rings (SSSR count). The van der Waals surface area contributed by atoms with Gasteiger partial charge in [-0.3, -0.25) is 10.1 Å². The van der Waals surface area contributed by atoms with Crippen LogP contribution in [0.25, 0.3) is 11.3 Å². The smallest absolute Gasteiger partial charge is 0.0710 e. The summed E-state index contributed by atoms with van der Waals surface area (Å²) in [5.74, 6) is 0. The average Bonchev–Trinajstić information content (AvgIpc) is 3.16. The fraction of sp³-hybridized carbons (Fsp3) is 0.467. The first-order valence-electron chi connectivity index (χ1n) is 7.18. The first kappa shape index (κ1) is 13.3. The minimum Gasteiger partial charge on any atom is -0.378 e. The molecule has 20 heavy (non-hydrogen) atoms. The number of rotatable bonds is 6. The van der Waals surface area contributed by atoms with Crippen molar-refractivity contribution in [1.29, 1.82) is 0 Å². The van der Waals surface area contributed by atoms with E-state index in [0.29, 0.717) is 6.10 Å². The molecule has 1 unspecified atom stereocenters. The van der Waals surface area contributed by atoms with E-state index in [1.807, 2.05) is 24.5 Å². The molecule has 5 heteroatoms. The molecule has 0 aromatic carbocycles. The van der Waals surface area contributed by atoms with Gasteiger partial charge in [0, 0.05) is 36.7 Å². The van der Waals surface area contributed by atoms with E-state index in [1.165, 1.54) is 18.4 Å². The molecule has 0 aliphatic carbocycles. The second kappa shape index (κ2) is 6.63. The van der Waals surface area contributed by atoms with E-state index in [1.54, 1.807) is 6.20 Å². The number of aromatic amines is 1. The van der Waals surface area contributed by atoms with Crippen molar-refractivity contribution >= 4 is 0 Å². The molecule has 3 heterocycles. The Morgan fingerprint density at radius 3 is 3.20 bits per heavy atom. The van der Waals surface area contributed by atoms with Gasteiger partial charge in [0.1, 0.15) is 0 Å². The van der Waals surface area contributed by atoms with Crippen molar-refractivity contribution in [2.24, 2.45) is 0 Å². The summed E-state index contributed by atoms with van der Waals surface area (Å²) in [5.41, 5.74) is 3.29. The number of hydrogen-bond acceptors (Lipinski definition) is 4. The van der Waals surface area contributed by atoms with Crippen LogP contribution in [0.15, 0.2) is 30.7 Å². The van der Waals surface area contributed by atoms with Crippen molar-refractivity contribution in [2.45, 2.75) is 31.9 Å². The first-order chi connectivity index (χ1) is 9.93. The van der Waals surface area contributed by atoms with E-state index >= 15 is 0 Å². The highest BCUT2D eigenvalue weighted by molar-refractivity contribution is 5.61. The summed E-state index contributed by atoms with van der Waals surface area (Å²) < 4.78 is 5.62. The van der Waals surface area contributed by atoms with Crippen LogP contribution in [0.4, 0.5) is 0 Å². The molecule has 5 nitrogen and oxygen atoms in total. The lowest BCUT2D eigenvalue weighted by Crippen LogP contribution is -2.19. The maximum absolute atomic E-state index is 5.62. The summed E-state index contributed by atoms with van der Waals surface area (Å²) in [4.78, 5) is 4.15. The maximum Gasteiger partial charge on any atom is 0.0710 e. The maximum atomic E-state index is 5.62. The molecule has 0 bridgehead atoms. The Balaban J connectivity index is 1.52. The minimum atomic E-state index is 0.449. The van der Waals surface area contributed by atoms with Crippen molar-refractivity contribution in [3.05, 3.63) is 36.3 Å². The van der Waals surface area contributed by atoms with E-state index in [2.05, 4.69) is 20.5 Å². The van der Waals surface area contributed by atoms with Gasteiger partial charge in [-0.1, -0.05) is 0 Å². The van der Waals surface area contributed by atoms with Gasteiger partial charge < -0.3 is 10.1 Å². The topological polar surface area (TPSA) is 62.8 Å². The molecule has 1 aliphatic heterocycles. The largest absolute Gasteiger partial charge is 0.378 e. The van der Waals surface area contributed by atoms with Gasteiger partial charge in [-0.05, 0) is 37.9 Å². The zero-order valence-electron chi connectivity index (χ0n) is 11.5. The van der Waals surface area contributed by atoms with E-state index in [0.717, 1.165) is 37.4 Å². The first-order valence-corrected chi connectivity index (χ1v) is 7.18. The van der Waals surface area contributed by atoms with Gasteiger partial charge in [-0.25, -0.2) is 0 Å². The van der Waals surface area contributed by atoms with Crippen LogP contribution in [0.2, 0.25) is 0 Å². The standard InChI is InChI=1S/C15H20N4O/c1-3-12(9-16-6-1)15-13(11-18-19-15)10-17-7-5-14-4-2-8-20-14/h1,3,6,9,11,14,17H,2,4-5,7-8,10H2,(H,18,19). The molecular formula is C15H20N4O. The fourth-order valence-electron chi connectivity index (χ4n) is 2.56. The molecule has 0 amide bonds. The molecule has 1 atom stereocenters. The predicted octanol–water partition coefficient (Wildman–Crippen LogP) is 2.13. The molecule has 1 fully saturated rings. The summed E-state index contributed by atoms with van der Waals surface area (Å²) in [5, 5.41) is 10.7. The van der Waals surface area contributed by atoms with Crippen molar-refractivity contribution in [3.8, 4) is 11.3 Å². The molecular weight excluding hydrogens is 252 g/mol. The number of nitrogens with one attached hydrogen (secondary N) is 2. The molecule has 106 valence electrons. The molecule has 2 N–H and O–H groups in total. The third kappa shape index (κ3) is 3.23. The number of nitrogens with zero attached hydrogens (tertiary/aromatic N) is 2. The number of ether oxygens (including phenoxy) is 1. The highest BCUT2D eigenvalue weighted by atomic mass is 16.5. The van der Waals surface area contributed by atoms with Crippen molar-refractivity contribution in [1.82, 2.24) is 20.5 Å². The van der Waals surface area contributed by atoms with Crippen molar-refractivity contribution < 1.29 is 4.74 Å². The van der Waals surface area contributed by atoms with E-state index in [-0.39, 0.29) is 0 Å². The lowest BCUT2D eigenvalue weighted by molar-refractivity contribution is 0.104. The van der Waals surface area contributed by atoms with Gasteiger partial charge >= 0.3 is 0 Å². The molecule has 0 saturated carbocycles. The van der Waals surface area contributed by atoms with E-state index < -0.39 is 0 Å². The third-order valence-corrected chi connectivity index (χ3v) is 3.65. The third-order valence-electron chi connectivity index (χ3n) is 3.65. The highest BCUT2D eigenvalue weighted by Crippen LogP contribution is 2.19. The zero-order valence-corrected chi connectivity index (χ0v) is 11.5. The van der Waals surface area contributed by atoms with Crippen LogP contribution in [0.1, 0.15) is 24.8 Å². The Labute approximate surface area is 118 Å². The number of hydrogen-bond donors (Lipinski definition) is 2. The van der Waals surface area contributed by atoms with Crippen LogP contribution in [0.3, 0.4) is 0 Å². The molecule has 0 spiro atoms. The van der Waals surface area contributed by atoms with Crippen LogP contribution in [0, 0.1) is 0 Å². The Bertz CT molecular complexity index is 520. The second-order valence-corrected chi connectivity index (χ2v) is 5.11. The minimum absolute atomic E-state index is 0.449. The van der Waals surface area contributed by atoms with Crippen LogP contribution in [0.5, 0.6) is 0 Å². The number of H-pyrrole nitrogens is 1. The van der Waals surface area contributed by atoms with Gasteiger partial charge in [0.05, 0.1) is 18.0 Å². The van der Waals surface area contributed by atoms with Gasteiger partial charge in [0.2, 0.25) is 0 Å². The molecule has 2 aromatic rings. The average molecular weight is 272 g/mol. The fourth-order valence-corrected chi connectivity index (χ4v) is 2.56. The van der Waals surface area contributed by atoms with Crippen LogP contribution >= 0.6 is 0 Å². The predicted molar refractivity (Wildman–Crippen MR) is 77.1 cm³/mol. The number of aromatic nitrogens is 3. The molecule has 1 saturated heterocycles.